The van der Waals surface area contributed by atoms with Gasteiger partial charge in [-0.3, -0.25) is 9.59 Å². The fraction of sp³-hybridized carbons (Fsp3) is 0.818. The number of hydrogen-bond acceptors (Lipinski definition) is 4. The van der Waals surface area contributed by atoms with Crippen LogP contribution in [0, 0.1) is 0 Å². The average Bonchev–Trinajstić information content (AvgIpc) is 2.32. The molecule has 0 heterocycles. The number of carbonyl (C=O) groups excluding carboxylic acids is 2. The Morgan fingerprint density at radius 2 is 1.29 bits per heavy atom. The van der Waals surface area contributed by atoms with E-state index in [2.05, 4.69) is 0 Å². The van der Waals surface area contributed by atoms with Crippen LogP contribution >= 0.6 is 23.2 Å². The molecule has 0 spiro atoms. The van der Waals surface area contributed by atoms with Gasteiger partial charge in [-0.2, -0.15) is 0 Å². The molecule has 0 bridgehead atoms. The van der Waals surface area contributed by atoms with E-state index in [1.807, 2.05) is 0 Å². The first-order valence-corrected chi connectivity index (χ1v) is 6.35. The van der Waals surface area contributed by atoms with Gasteiger partial charge in [-0.1, -0.05) is 0 Å². The number of carbonyl (C=O) groups is 2. The van der Waals surface area contributed by atoms with Crippen molar-refractivity contribution in [1.29, 1.82) is 0 Å². The van der Waals surface area contributed by atoms with Crippen LogP contribution in [-0.4, -0.2) is 49.8 Å². The van der Waals surface area contributed by atoms with E-state index in [1.54, 1.807) is 0 Å². The smallest absolute Gasteiger partial charge is 0.142 e. The Morgan fingerprint density at radius 1 is 0.941 bits per heavy atom. The molecule has 0 fully saturated rings. The third-order valence-electron chi connectivity index (χ3n) is 2.32. The molecule has 0 aromatic heterocycles. The summed E-state index contributed by atoms with van der Waals surface area (Å²) < 4.78 is 9.93. The lowest BCUT2D eigenvalue weighted by Crippen LogP contribution is -2.23. The lowest BCUT2D eigenvalue weighted by Gasteiger charge is -2.12. The predicted octanol–water partition coefficient (Wildman–Crippen LogP) is 1.80. The van der Waals surface area contributed by atoms with Gasteiger partial charge >= 0.3 is 0 Å². The number of rotatable bonds is 10. The molecule has 0 aromatic rings. The monoisotopic (exact) mass is 284 g/mol. The van der Waals surface area contributed by atoms with E-state index in [0.717, 1.165) is 0 Å². The Hall–Kier alpha value is -0.160. The molecule has 2 atom stereocenters. The van der Waals surface area contributed by atoms with Gasteiger partial charge in [0.1, 0.15) is 11.6 Å². The largest absolute Gasteiger partial charge is 0.380 e. The van der Waals surface area contributed by atoms with Gasteiger partial charge in [0.25, 0.3) is 0 Å². The Bertz CT molecular complexity index is 214. The maximum atomic E-state index is 11.5. The molecule has 0 aliphatic rings. The topological polar surface area (TPSA) is 52.6 Å². The van der Waals surface area contributed by atoms with Crippen LogP contribution in [-0.2, 0) is 19.1 Å². The van der Waals surface area contributed by atoms with Crippen molar-refractivity contribution < 1.29 is 19.1 Å². The number of halogens is 2. The van der Waals surface area contributed by atoms with E-state index in [4.69, 9.17) is 32.7 Å². The number of ketones is 2. The molecule has 0 radical (unpaired) electrons. The van der Waals surface area contributed by atoms with Gasteiger partial charge in [0.2, 0.25) is 0 Å². The second kappa shape index (κ2) is 9.83. The summed E-state index contributed by atoms with van der Waals surface area (Å²) in [5.41, 5.74) is 0. The van der Waals surface area contributed by atoms with Crippen molar-refractivity contribution in [3.05, 3.63) is 0 Å². The maximum absolute atomic E-state index is 11.5. The van der Waals surface area contributed by atoms with E-state index in [-0.39, 0.29) is 54.8 Å². The van der Waals surface area contributed by atoms with Gasteiger partial charge in [-0.15, -0.1) is 23.2 Å². The zero-order valence-electron chi connectivity index (χ0n) is 10.1. The quantitative estimate of drug-likeness (QED) is 0.453. The van der Waals surface area contributed by atoms with E-state index in [9.17, 15) is 9.59 Å². The van der Waals surface area contributed by atoms with Crippen molar-refractivity contribution in [2.24, 2.45) is 0 Å². The molecular weight excluding hydrogens is 267 g/mol. The molecule has 2 unspecified atom stereocenters. The number of hydrogen-bond donors (Lipinski definition) is 0. The van der Waals surface area contributed by atoms with Crippen LogP contribution in [0.3, 0.4) is 0 Å². The fourth-order valence-corrected chi connectivity index (χ4v) is 1.74. The number of alkyl halides is 2. The first-order chi connectivity index (χ1) is 8.07. The molecule has 0 saturated carbocycles. The van der Waals surface area contributed by atoms with Crippen molar-refractivity contribution in [3.8, 4) is 0 Å². The minimum atomic E-state index is -0.330. The molecule has 0 rings (SSSR count). The van der Waals surface area contributed by atoms with E-state index < -0.39 is 0 Å². The van der Waals surface area contributed by atoms with Gasteiger partial charge in [0.15, 0.2) is 0 Å². The summed E-state index contributed by atoms with van der Waals surface area (Å²) in [5, 5.41) is 0. The van der Waals surface area contributed by atoms with Gasteiger partial charge in [0.05, 0.1) is 18.6 Å². The van der Waals surface area contributed by atoms with Gasteiger partial charge in [0, 0.05) is 38.8 Å². The SMILES string of the molecule is COC(CCl)CC(=O)CC(=O)CC(CCl)OC. The highest BCUT2D eigenvalue weighted by Crippen LogP contribution is 2.07. The average molecular weight is 285 g/mol. The van der Waals surface area contributed by atoms with Gasteiger partial charge in [-0.05, 0) is 0 Å². The van der Waals surface area contributed by atoms with Crippen molar-refractivity contribution in [2.45, 2.75) is 31.5 Å². The summed E-state index contributed by atoms with van der Waals surface area (Å²) in [4.78, 5) is 23.0. The summed E-state index contributed by atoms with van der Waals surface area (Å²) in [6, 6.07) is 0. The second-order valence-electron chi connectivity index (χ2n) is 3.69. The molecular formula is C11H18Cl2O4. The minimum absolute atomic E-state index is 0.118. The second-order valence-corrected chi connectivity index (χ2v) is 4.30. The molecule has 4 nitrogen and oxygen atoms in total. The van der Waals surface area contributed by atoms with Crippen LogP contribution in [0.25, 0.3) is 0 Å². The van der Waals surface area contributed by atoms with Crippen LogP contribution in [0.2, 0.25) is 0 Å². The Labute approximate surface area is 112 Å². The lowest BCUT2D eigenvalue weighted by atomic mass is 10.1. The molecule has 17 heavy (non-hydrogen) atoms. The number of methoxy groups -OCH3 is 2. The standard InChI is InChI=1S/C11H18Cl2O4/c1-16-10(6-12)4-8(14)3-9(15)5-11(7-13)17-2/h10-11H,3-7H2,1-2H3. The zero-order chi connectivity index (χ0) is 13.3. The summed E-state index contributed by atoms with van der Waals surface area (Å²) in [7, 11) is 2.97. The van der Waals surface area contributed by atoms with Crippen molar-refractivity contribution in [3.63, 3.8) is 0 Å². The summed E-state index contributed by atoms with van der Waals surface area (Å²) >= 11 is 11.2. The number of ether oxygens (including phenoxy) is 2. The fourth-order valence-electron chi connectivity index (χ4n) is 1.27. The van der Waals surface area contributed by atoms with Crippen LogP contribution < -0.4 is 0 Å². The highest BCUT2D eigenvalue weighted by Gasteiger charge is 2.18. The number of Topliss-reactive ketones (excluding diaryl/α,β-unsaturated/α-hetero) is 2. The van der Waals surface area contributed by atoms with Crippen LogP contribution in [0.5, 0.6) is 0 Å². The third kappa shape index (κ3) is 7.71. The molecule has 6 heteroatoms. The summed E-state index contributed by atoms with van der Waals surface area (Å²) in [5.74, 6) is 0.122. The molecule has 0 saturated heterocycles. The Kier molecular flexibility index (Phi) is 9.74. The molecule has 0 aliphatic heterocycles. The normalized spacial score (nSPS) is 14.4. The van der Waals surface area contributed by atoms with Crippen LogP contribution in [0.4, 0.5) is 0 Å². The first-order valence-electron chi connectivity index (χ1n) is 5.28. The van der Waals surface area contributed by atoms with Crippen LogP contribution in [0.1, 0.15) is 19.3 Å². The van der Waals surface area contributed by atoms with Crippen molar-refractivity contribution in [2.75, 3.05) is 26.0 Å². The van der Waals surface area contributed by atoms with Gasteiger partial charge < -0.3 is 9.47 Å². The van der Waals surface area contributed by atoms with E-state index in [1.165, 1.54) is 14.2 Å². The van der Waals surface area contributed by atoms with Crippen molar-refractivity contribution in [1.82, 2.24) is 0 Å². The zero-order valence-corrected chi connectivity index (χ0v) is 11.6. The molecule has 0 amide bonds. The van der Waals surface area contributed by atoms with E-state index >= 15 is 0 Å². The third-order valence-corrected chi connectivity index (χ3v) is 3.00. The van der Waals surface area contributed by atoms with Crippen molar-refractivity contribution >= 4 is 34.8 Å². The Morgan fingerprint density at radius 3 is 1.53 bits per heavy atom. The first kappa shape index (κ1) is 16.8. The minimum Gasteiger partial charge on any atom is -0.380 e. The molecule has 0 aromatic carbocycles. The van der Waals surface area contributed by atoms with Gasteiger partial charge in [-0.25, -0.2) is 0 Å². The van der Waals surface area contributed by atoms with E-state index in [0.29, 0.717) is 0 Å². The highest BCUT2D eigenvalue weighted by atomic mass is 35.5. The maximum Gasteiger partial charge on any atom is 0.142 e. The molecule has 0 aliphatic carbocycles. The predicted molar refractivity (Wildman–Crippen MR) is 66.9 cm³/mol. The highest BCUT2D eigenvalue weighted by molar-refractivity contribution is 6.18. The Balaban J connectivity index is 3.99. The lowest BCUT2D eigenvalue weighted by molar-refractivity contribution is -0.129. The van der Waals surface area contributed by atoms with Crippen LogP contribution in [0.15, 0.2) is 0 Å². The summed E-state index contributed by atoms with van der Waals surface area (Å²) in [6.45, 7) is 0. The molecule has 100 valence electrons. The molecule has 0 N–H and O–H groups in total. The summed E-state index contributed by atoms with van der Waals surface area (Å²) in [6.07, 6.45) is -0.464.